The van der Waals surface area contributed by atoms with Crippen LogP contribution in [0.2, 0.25) is 0 Å². The number of ether oxygens (including phenoxy) is 2. The summed E-state index contributed by atoms with van der Waals surface area (Å²) in [4.78, 5) is 12.1. The summed E-state index contributed by atoms with van der Waals surface area (Å²) in [7, 11) is -3.08. The quantitative estimate of drug-likeness (QED) is 0.886. The summed E-state index contributed by atoms with van der Waals surface area (Å²) in [5, 5.41) is 2.74. The Balaban J connectivity index is 1.70. The third kappa shape index (κ3) is 2.72. The Morgan fingerprint density at radius 1 is 1.25 bits per heavy atom. The maximum atomic E-state index is 12.1. The van der Waals surface area contributed by atoms with E-state index in [1.54, 1.807) is 18.2 Å². The largest absolute Gasteiger partial charge is 0.454 e. The Kier molecular flexibility index (Phi) is 3.29. The predicted molar refractivity (Wildman–Crippen MR) is 72.6 cm³/mol. The van der Waals surface area contributed by atoms with Crippen molar-refractivity contribution in [2.45, 2.75) is 12.8 Å². The van der Waals surface area contributed by atoms with Gasteiger partial charge in [-0.05, 0) is 25.0 Å². The van der Waals surface area contributed by atoms with Gasteiger partial charge in [0, 0.05) is 11.8 Å². The number of amides is 1. The molecule has 2 heterocycles. The molecule has 0 aliphatic carbocycles. The van der Waals surface area contributed by atoms with Crippen LogP contribution in [0.4, 0.5) is 5.69 Å². The molecule has 7 heteroatoms. The smallest absolute Gasteiger partial charge is 0.231 e. The highest BCUT2D eigenvalue weighted by Gasteiger charge is 2.30. The molecule has 2 aliphatic rings. The highest BCUT2D eigenvalue weighted by molar-refractivity contribution is 7.91. The van der Waals surface area contributed by atoms with E-state index in [4.69, 9.17) is 9.47 Å². The van der Waals surface area contributed by atoms with Crippen LogP contribution < -0.4 is 14.8 Å². The zero-order valence-electron chi connectivity index (χ0n) is 10.8. The lowest BCUT2D eigenvalue weighted by atomic mass is 10.0. The zero-order valence-corrected chi connectivity index (χ0v) is 11.6. The molecule has 1 N–H and O–H groups in total. The predicted octanol–water partition coefficient (Wildman–Crippen LogP) is 1.18. The van der Waals surface area contributed by atoms with Crippen LogP contribution in [0.5, 0.6) is 11.5 Å². The van der Waals surface area contributed by atoms with Crippen LogP contribution in [0.25, 0.3) is 0 Å². The van der Waals surface area contributed by atoms with Gasteiger partial charge in [0.1, 0.15) is 0 Å². The lowest BCUT2D eigenvalue weighted by Gasteiger charge is -2.21. The molecule has 2 aliphatic heterocycles. The molecule has 108 valence electrons. The molecule has 0 aromatic heterocycles. The van der Waals surface area contributed by atoms with Crippen molar-refractivity contribution in [3.05, 3.63) is 18.2 Å². The fourth-order valence-corrected chi connectivity index (χ4v) is 4.15. The molecule has 1 saturated heterocycles. The second kappa shape index (κ2) is 4.97. The van der Waals surface area contributed by atoms with Crippen molar-refractivity contribution in [1.29, 1.82) is 0 Å². The van der Waals surface area contributed by atoms with E-state index in [1.807, 2.05) is 0 Å². The van der Waals surface area contributed by atoms with Gasteiger partial charge in [0.05, 0.1) is 17.4 Å². The molecule has 0 radical (unpaired) electrons. The number of carbonyl (C=O) groups excluding carboxylic acids is 1. The third-order valence-corrected chi connectivity index (χ3v) is 5.29. The lowest BCUT2D eigenvalue weighted by Crippen LogP contribution is -2.34. The molecule has 1 aromatic carbocycles. The van der Waals surface area contributed by atoms with Gasteiger partial charge in [-0.15, -0.1) is 0 Å². The number of carbonyl (C=O) groups is 1. The SMILES string of the molecule is O=C(Nc1ccc2c(c1)OCO2)C1CCCS(=O)(=O)C1. The minimum Gasteiger partial charge on any atom is -0.454 e. The van der Waals surface area contributed by atoms with Crippen molar-refractivity contribution in [3.63, 3.8) is 0 Å². The second-order valence-electron chi connectivity index (χ2n) is 5.01. The molecule has 1 aromatic rings. The van der Waals surface area contributed by atoms with Gasteiger partial charge in [0.15, 0.2) is 21.3 Å². The Bertz CT molecular complexity index is 640. The fraction of sp³-hybridized carbons (Fsp3) is 0.462. The normalized spacial score (nSPS) is 23.3. The molecule has 0 spiro atoms. The van der Waals surface area contributed by atoms with E-state index in [0.717, 1.165) is 0 Å². The fourth-order valence-electron chi connectivity index (χ4n) is 2.45. The monoisotopic (exact) mass is 297 g/mol. The van der Waals surface area contributed by atoms with Gasteiger partial charge >= 0.3 is 0 Å². The number of sulfone groups is 1. The van der Waals surface area contributed by atoms with Gasteiger partial charge in [-0.2, -0.15) is 0 Å². The van der Waals surface area contributed by atoms with Crippen molar-refractivity contribution in [2.75, 3.05) is 23.6 Å². The zero-order chi connectivity index (χ0) is 14.2. The summed E-state index contributed by atoms with van der Waals surface area (Å²) in [6.45, 7) is 0.174. The molecule has 3 rings (SSSR count). The maximum Gasteiger partial charge on any atom is 0.231 e. The summed E-state index contributed by atoms with van der Waals surface area (Å²) in [6, 6.07) is 5.11. The number of hydrogen-bond donors (Lipinski definition) is 1. The Morgan fingerprint density at radius 2 is 2.05 bits per heavy atom. The van der Waals surface area contributed by atoms with E-state index in [9.17, 15) is 13.2 Å². The van der Waals surface area contributed by atoms with E-state index in [-0.39, 0.29) is 24.2 Å². The Morgan fingerprint density at radius 3 is 2.85 bits per heavy atom. The molecule has 1 unspecified atom stereocenters. The second-order valence-corrected chi connectivity index (χ2v) is 7.24. The molecular formula is C13H15NO5S. The third-order valence-electron chi connectivity index (χ3n) is 3.47. The van der Waals surface area contributed by atoms with Gasteiger partial charge in [-0.3, -0.25) is 4.79 Å². The number of rotatable bonds is 2. The van der Waals surface area contributed by atoms with E-state index < -0.39 is 15.8 Å². The molecular weight excluding hydrogens is 282 g/mol. The van der Waals surface area contributed by atoms with Crippen LogP contribution in [-0.2, 0) is 14.6 Å². The van der Waals surface area contributed by atoms with Crippen LogP contribution in [0.1, 0.15) is 12.8 Å². The van der Waals surface area contributed by atoms with Crippen LogP contribution in [-0.4, -0.2) is 32.6 Å². The van der Waals surface area contributed by atoms with Crippen molar-refractivity contribution in [3.8, 4) is 11.5 Å². The molecule has 1 atom stereocenters. The van der Waals surface area contributed by atoms with E-state index in [1.165, 1.54) is 0 Å². The average molecular weight is 297 g/mol. The van der Waals surface area contributed by atoms with Crippen LogP contribution >= 0.6 is 0 Å². The summed E-state index contributed by atoms with van der Waals surface area (Å²) in [6.07, 6.45) is 1.15. The van der Waals surface area contributed by atoms with E-state index in [0.29, 0.717) is 30.0 Å². The van der Waals surface area contributed by atoms with Crippen LogP contribution in [0, 0.1) is 5.92 Å². The van der Waals surface area contributed by atoms with Crippen molar-refractivity contribution >= 4 is 21.4 Å². The average Bonchev–Trinajstić information content (AvgIpc) is 2.85. The standard InChI is InChI=1S/C13H15NO5S/c15-13(9-2-1-5-20(16,17)7-9)14-10-3-4-11-12(6-10)19-8-18-11/h3-4,6,9H,1-2,5,7-8H2,(H,14,15). The number of anilines is 1. The van der Waals surface area contributed by atoms with Gasteiger partial charge < -0.3 is 14.8 Å². The summed E-state index contributed by atoms with van der Waals surface area (Å²) >= 11 is 0. The summed E-state index contributed by atoms with van der Waals surface area (Å²) in [5.74, 6) is 0.609. The van der Waals surface area contributed by atoms with Gasteiger partial charge in [-0.1, -0.05) is 0 Å². The molecule has 0 saturated carbocycles. The summed E-state index contributed by atoms with van der Waals surface area (Å²) in [5.41, 5.74) is 0.585. The lowest BCUT2D eigenvalue weighted by molar-refractivity contribution is -0.119. The number of hydrogen-bond acceptors (Lipinski definition) is 5. The number of fused-ring (bicyclic) bond motifs is 1. The first kappa shape index (κ1) is 13.2. The molecule has 20 heavy (non-hydrogen) atoms. The number of nitrogens with one attached hydrogen (secondary N) is 1. The van der Waals surface area contributed by atoms with Crippen molar-refractivity contribution in [2.24, 2.45) is 5.92 Å². The molecule has 6 nitrogen and oxygen atoms in total. The Hall–Kier alpha value is -1.76. The molecule has 0 bridgehead atoms. The van der Waals surface area contributed by atoms with Crippen molar-refractivity contribution < 1.29 is 22.7 Å². The summed E-state index contributed by atoms with van der Waals surface area (Å²) < 4.78 is 33.5. The first-order valence-electron chi connectivity index (χ1n) is 6.44. The van der Waals surface area contributed by atoms with Crippen molar-refractivity contribution in [1.82, 2.24) is 0 Å². The van der Waals surface area contributed by atoms with E-state index in [2.05, 4.69) is 5.32 Å². The minimum absolute atomic E-state index is 0.0661. The van der Waals surface area contributed by atoms with Crippen LogP contribution in [0.15, 0.2) is 18.2 Å². The van der Waals surface area contributed by atoms with Crippen LogP contribution in [0.3, 0.4) is 0 Å². The molecule has 1 fully saturated rings. The van der Waals surface area contributed by atoms with Gasteiger partial charge in [0.2, 0.25) is 12.7 Å². The molecule has 1 amide bonds. The van der Waals surface area contributed by atoms with Gasteiger partial charge in [-0.25, -0.2) is 8.42 Å². The first-order valence-corrected chi connectivity index (χ1v) is 8.26. The van der Waals surface area contributed by atoms with E-state index >= 15 is 0 Å². The topological polar surface area (TPSA) is 81.7 Å². The Labute approximate surface area is 117 Å². The van der Waals surface area contributed by atoms with Gasteiger partial charge in [0.25, 0.3) is 0 Å². The minimum atomic E-state index is -3.08. The highest BCUT2D eigenvalue weighted by atomic mass is 32.2. The highest BCUT2D eigenvalue weighted by Crippen LogP contribution is 2.34. The first-order chi connectivity index (χ1) is 9.53. The number of benzene rings is 1. The maximum absolute atomic E-state index is 12.1.